The van der Waals surface area contributed by atoms with E-state index >= 15 is 0 Å². The van der Waals surface area contributed by atoms with E-state index in [2.05, 4.69) is 50.9 Å². The number of morpholine rings is 1. The molecule has 1 aliphatic rings. The molecule has 0 amide bonds. The van der Waals surface area contributed by atoms with Crippen LogP contribution < -0.4 is 5.32 Å². The third kappa shape index (κ3) is 4.56. The molecule has 0 aromatic carbocycles. The Hall–Kier alpha value is -0.630. The lowest BCUT2D eigenvalue weighted by atomic mass is 9.99. The highest BCUT2D eigenvalue weighted by atomic mass is 16.5. The molecule has 0 aliphatic carbocycles. The Labute approximate surface area is 111 Å². The molecule has 104 valence electrons. The van der Waals surface area contributed by atoms with Gasteiger partial charge in [0.05, 0.1) is 17.8 Å². The minimum Gasteiger partial charge on any atom is -0.370 e. The van der Waals surface area contributed by atoms with E-state index in [0.29, 0.717) is 6.04 Å². The van der Waals surface area contributed by atoms with E-state index in [0.717, 1.165) is 19.6 Å². The normalized spacial score (nSPS) is 27.8. The maximum Gasteiger partial charge on any atom is 0.116 e. The van der Waals surface area contributed by atoms with Gasteiger partial charge in [0.25, 0.3) is 0 Å². The minimum absolute atomic E-state index is 0.133. The second-order valence-corrected chi connectivity index (χ2v) is 6.60. The monoisotopic (exact) mass is 253 g/mol. The van der Waals surface area contributed by atoms with Gasteiger partial charge in [0, 0.05) is 25.7 Å². The van der Waals surface area contributed by atoms with Gasteiger partial charge in [0.15, 0.2) is 0 Å². The molecule has 1 aliphatic heterocycles. The van der Waals surface area contributed by atoms with Crippen molar-refractivity contribution in [2.75, 3.05) is 19.6 Å². The summed E-state index contributed by atoms with van der Waals surface area (Å²) in [6.45, 7) is 14.9. The van der Waals surface area contributed by atoms with Crippen LogP contribution in [0.25, 0.3) is 0 Å². The number of nitrogens with zero attached hydrogens (tertiary/aromatic N) is 2. The van der Waals surface area contributed by atoms with Crippen molar-refractivity contribution in [1.82, 2.24) is 10.2 Å². The molecule has 0 spiro atoms. The van der Waals surface area contributed by atoms with E-state index in [9.17, 15) is 5.26 Å². The molecule has 2 atom stereocenters. The molecule has 4 nitrogen and oxygen atoms in total. The molecular weight excluding hydrogens is 226 g/mol. The van der Waals surface area contributed by atoms with Crippen LogP contribution in [-0.2, 0) is 4.74 Å². The Kier molecular flexibility index (Phi) is 4.77. The van der Waals surface area contributed by atoms with Gasteiger partial charge in [0.1, 0.15) is 5.54 Å². The van der Waals surface area contributed by atoms with Crippen LogP contribution in [0.15, 0.2) is 0 Å². The fourth-order valence-corrected chi connectivity index (χ4v) is 2.90. The Morgan fingerprint density at radius 2 is 2.17 bits per heavy atom. The molecule has 4 heteroatoms. The molecule has 0 aromatic rings. The number of nitrogens with one attached hydrogen (secondary N) is 1. The summed E-state index contributed by atoms with van der Waals surface area (Å²) in [6.07, 6.45) is 0.218. The van der Waals surface area contributed by atoms with Gasteiger partial charge in [-0.25, -0.2) is 0 Å². The molecule has 1 fully saturated rings. The summed E-state index contributed by atoms with van der Waals surface area (Å²) >= 11 is 0. The Morgan fingerprint density at radius 1 is 1.56 bits per heavy atom. The first kappa shape index (κ1) is 15.4. The lowest BCUT2D eigenvalue weighted by Gasteiger charge is -2.44. The van der Waals surface area contributed by atoms with Gasteiger partial charge >= 0.3 is 0 Å². The zero-order chi connectivity index (χ0) is 14.0. The van der Waals surface area contributed by atoms with E-state index in [4.69, 9.17) is 4.74 Å². The van der Waals surface area contributed by atoms with Crippen LogP contribution in [0.3, 0.4) is 0 Å². The molecule has 2 unspecified atom stereocenters. The Balaban J connectivity index is 2.68. The van der Waals surface area contributed by atoms with Crippen molar-refractivity contribution in [3.8, 4) is 6.07 Å². The van der Waals surface area contributed by atoms with Crippen molar-refractivity contribution in [3.63, 3.8) is 0 Å². The smallest absolute Gasteiger partial charge is 0.116 e. The molecule has 0 bridgehead atoms. The summed E-state index contributed by atoms with van der Waals surface area (Å²) in [6, 6.07) is 2.71. The first-order valence-electron chi connectivity index (χ1n) is 6.75. The largest absolute Gasteiger partial charge is 0.370 e. The van der Waals surface area contributed by atoms with Crippen molar-refractivity contribution >= 4 is 0 Å². The second kappa shape index (κ2) is 5.56. The van der Waals surface area contributed by atoms with E-state index in [1.54, 1.807) is 0 Å². The standard InChI is InChI=1S/C14H27N3O/c1-11(2)16-14(6,8-15)10-17-7-12(3)18-13(4,5)9-17/h11-12,16H,7,9-10H2,1-6H3. The topological polar surface area (TPSA) is 48.3 Å². The van der Waals surface area contributed by atoms with Gasteiger partial charge in [-0.2, -0.15) is 5.26 Å². The lowest BCUT2D eigenvalue weighted by molar-refractivity contribution is -0.131. The van der Waals surface area contributed by atoms with Crippen LogP contribution in [0.5, 0.6) is 0 Å². The van der Waals surface area contributed by atoms with Crippen molar-refractivity contribution in [3.05, 3.63) is 0 Å². The molecule has 1 saturated heterocycles. The van der Waals surface area contributed by atoms with E-state index in [1.165, 1.54) is 0 Å². The predicted octanol–water partition coefficient (Wildman–Crippen LogP) is 1.77. The van der Waals surface area contributed by atoms with Gasteiger partial charge in [-0.15, -0.1) is 0 Å². The fraction of sp³-hybridized carbons (Fsp3) is 0.929. The summed E-state index contributed by atoms with van der Waals surface area (Å²) in [5, 5.41) is 12.7. The second-order valence-electron chi connectivity index (χ2n) is 6.60. The maximum absolute atomic E-state index is 9.39. The van der Waals surface area contributed by atoms with Crippen molar-refractivity contribution in [1.29, 1.82) is 5.26 Å². The summed E-state index contributed by atoms with van der Waals surface area (Å²) in [4.78, 5) is 2.33. The van der Waals surface area contributed by atoms with Gasteiger partial charge in [0.2, 0.25) is 0 Å². The summed E-state index contributed by atoms with van der Waals surface area (Å²) in [5.41, 5.74) is -0.632. The first-order valence-corrected chi connectivity index (χ1v) is 6.75. The van der Waals surface area contributed by atoms with Gasteiger partial charge in [-0.05, 0) is 41.5 Å². The minimum atomic E-state index is -0.499. The van der Waals surface area contributed by atoms with E-state index < -0.39 is 5.54 Å². The van der Waals surface area contributed by atoms with Gasteiger partial charge in [-0.3, -0.25) is 10.2 Å². The molecular formula is C14H27N3O. The van der Waals surface area contributed by atoms with Crippen LogP contribution in [0.1, 0.15) is 41.5 Å². The molecule has 0 aromatic heterocycles. The number of ether oxygens (including phenoxy) is 1. The third-order valence-electron chi connectivity index (χ3n) is 3.03. The average molecular weight is 253 g/mol. The van der Waals surface area contributed by atoms with Crippen molar-refractivity contribution in [2.24, 2.45) is 0 Å². The summed E-state index contributed by atoms with van der Waals surface area (Å²) in [5.74, 6) is 0. The predicted molar refractivity (Wildman–Crippen MR) is 73.4 cm³/mol. The van der Waals surface area contributed by atoms with Gasteiger partial charge in [-0.1, -0.05) is 0 Å². The van der Waals surface area contributed by atoms with E-state index in [1.807, 2.05) is 6.92 Å². The zero-order valence-corrected chi connectivity index (χ0v) is 12.6. The highest BCUT2D eigenvalue weighted by Crippen LogP contribution is 2.22. The SMILES string of the molecule is CC(C)NC(C)(C#N)CN1CC(C)OC(C)(C)C1. The molecule has 1 rings (SSSR count). The fourth-order valence-electron chi connectivity index (χ4n) is 2.90. The summed E-state index contributed by atoms with van der Waals surface area (Å²) < 4.78 is 5.89. The van der Waals surface area contributed by atoms with Gasteiger partial charge < -0.3 is 4.74 Å². The molecule has 18 heavy (non-hydrogen) atoms. The van der Waals surface area contributed by atoms with Crippen LogP contribution >= 0.6 is 0 Å². The van der Waals surface area contributed by atoms with Crippen LogP contribution in [0.4, 0.5) is 0 Å². The molecule has 0 saturated carbocycles. The number of hydrogen-bond acceptors (Lipinski definition) is 4. The number of nitriles is 1. The first-order chi connectivity index (χ1) is 8.16. The maximum atomic E-state index is 9.39. The third-order valence-corrected chi connectivity index (χ3v) is 3.03. The average Bonchev–Trinajstić information content (AvgIpc) is 2.12. The molecule has 1 heterocycles. The van der Waals surface area contributed by atoms with Crippen molar-refractivity contribution in [2.45, 2.75) is 64.8 Å². The van der Waals surface area contributed by atoms with Crippen LogP contribution in [0, 0.1) is 11.3 Å². The lowest BCUT2D eigenvalue weighted by Crippen LogP contribution is -2.59. The molecule has 1 N–H and O–H groups in total. The van der Waals surface area contributed by atoms with Crippen molar-refractivity contribution < 1.29 is 4.74 Å². The Morgan fingerprint density at radius 3 is 2.61 bits per heavy atom. The molecule has 0 radical (unpaired) electrons. The van der Waals surface area contributed by atoms with E-state index in [-0.39, 0.29) is 11.7 Å². The highest BCUT2D eigenvalue weighted by Gasteiger charge is 2.35. The van der Waals surface area contributed by atoms with Crippen LogP contribution in [-0.4, -0.2) is 47.8 Å². The van der Waals surface area contributed by atoms with Crippen LogP contribution in [0.2, 0.25) is 0 Å². The summed E-state index contributed by atoms with van der Waals surface area (Å²) in [7, 11) is 0. The zero-order valence-electron chi connectivity index (χ0n) is 12.6. The highest BCUT2D eigenvalue weighted by molar-refractivity contribution is 5.07. The quantitative estimate of drug-likeness (QED) is 0.829. The number of hydrogen-bond donors (Lipinski definition) is 1. The Bertz CT molecular complexity index is 321. The number of rotatable bonds is 4.